The fourth-order valence-electron chi connectivity index (χ4n) is 1.25. The van der Waals surface area contributed by atoms with Crippen molar-refractivity contribution >= 4 is 17.2 Å². The Hall–Kier alpha value is -1.56. The maximum Gasteiger partial charge on any atom is 0.411 e. The number of ether oxygens (including phenoxy) is 1. The first-order chi connectivity index (χ1) is 9.92. The molecule has 4 nitrogen and oxygen atoms in total. The van der Waals surface area contributed by atoms with E-state index in [0.717, 1.165) is 0 Å². The predicted octanol–water partition coefficient (Wildman–Crippen LogP) is 1.79. The summed E-state index contributed by atoms with van der Waals surface area (Å²) in [5.74, 6) is 5.13. The number of hydrogen-bond acceptors (Lipinski definition) is 4. The molecule has 0 aliphatic heterocycles. The quantitative estimate of drug-likeness (QED) is 0.620. The Morgan fingerprint density at radius 1 is 1.48 bits per heavy atom. The third-order valence-corrected chi connectivity index (χ3v) is 2.95. The summed E-state index contributed by atoms with van der Waals surface area (Å²) in [4.78, 5) is 12.4. The van der Waals surface area contributed by atoms with Crippen molar-refractivity contribution in [1.82, 2.24) is 5.32 Å². The second-order valence-electron chi connectivity index (χ2n) is 3.90. The van der Waals surface area contributed by atoms with Gasteiger partial charge in [0, 0.05) is 18.3 Å². The number of aliphatic hydroxyl groups is 1. The minimum absolute atomic E-state index is 0.00369. The molecule has 2 N–H and O–H groups in total. The number of thiophene rings is 1. The Bertz CT molecular complexity index is 517. The molecule has 0 spiro atoms. The average molecular weight is 321 g/mol. The minimum Gasteiger partial charge on any atom is -0.395 e. The molecular weight excluding hydrogens is 307 g/mol. The lowest BCUT2D eigenvalue weighted by molar-refractivity contribution is -0.173. The summed E-state index contributed by atoms with van der Waals surface area (Å²) in [6.07, 6.45) is -4.00. The molecule has 0 fully saturated rings. The SMILES string of the molecule is O=C(NCCOCC(F)(F)F)c1csc(C#CCCO)c1. The van der Waals surface area contributed by atoms with Gasteiger partial charge in [-0.05, 0) is 6.07 Å². The lowest BCUT2D eigenvalue weighted by Gasteiger charge is -2.07. The zero-order valence-electron chi connectivity index (χ0n) is 11.0. The Morgan fingerprint density at radius 2 is 2.24 bits per heavy atom. The molecule has 8 heteroatoms. The third-order valence-electron chi connectivity index (χ3n) is 2.11. The van der Waals surface area contributed by atoms with Crippen molar-refractivity contribution in [2.75, 3.05) is 26.4 Å². The topological polar surface area (TPSA) is 58.6 Å². The van der Waals surface area contributed by atoms with Crippen LogP contribution in [-0.2, 0) is 4.74 Å². The van der Waals surface area contributed by atoms with E-state index in [1.165, 1.54) is 11.3 Å². The highest BCUT2D eigenvalue weighted by molar-refractivity contribution is 7.10. The molecule has 0 bridgehead atoms. The lowest BCUT2D eigenvalue weighted by Crippen LogP contribution is -2.28. The van der Waals surface area contributed by atoms with Gasteiger partial charge in [0.1, 0.15) is 6.61 Å². The van der Waals surface area contributed by atoms with Crippen molar-refractivity contribution in [1.29, 1.82) is 0 Å². The van der Waals surface area contributed by atoms with Crippen LogP contribution in [0.4, 0.5) is 13.2 Å². The summed E-state index contributed by atoms with van der Waals surface area (Å²) in [6, 6.07) is 1.58. The van der Waals surface area contributed by atoms with Gasteiger partial charge in [-0.1, -0.05) is 11.8 Å². The van der Waals surface area contributed by atoms with E-state index in [1.54, 1.807) is 11.4 Å². The van der Waals surface area contributed by atoms with Gasteiger partial charge >= 0.3 is 6.18 Å². The van der Waals surface area contributed by atoms with E-state index < -0.39 is 18.7 Å². The molecule has 0 atom stereocenters. The molecule has 21 heavy (non-hydrogen) atoms. The van der Waals surface area contributed by atoms with Crippen LogP contribution in [0.5, 0.6) is 0 Å². The van der Waals surface area contributed by atoms with Crippen LogP contribution in [0.3, 0.4) is 0 Å². The maximum atomic E-state index is 11.8. The molecule has 1 heterocycles. The molecule has 0 aromatic carbocycles. The first-order valence-electron chi connectivity index (χ1n) is 6.03. The number of rotatable bonds is 6. The summed E-state index contributed by atoms with van der Waals surface area (Å²) in [7, 11) is 0. The number of alkyl halides is 3. The molecule has 1 rings (SSSR count). The number of carbonyl (C=O) groups excluding carboxylic acids is 1. The van der Waals surface area contributed by atoms with Crippen LogP contribution in [0.15, 0.2) is 11.4 Å². The van der Waals surface area contributed by atoms with Crippen LogP contribution in [0.25, 0.3) is 0 Å². The van der Waals surface area contributed by atoms with Crippen LogP contribution in [0.2, 0.25) is 0 Å². The normalized spacial score (nSPS) is 10.9. The average Bonchev–Trinajstić information content (AvgIpc) is 2.86. The van der Waals surface area contributed by atoms with Gasteiger partial charge in [-0.2, -0.15) is 13.2 Å². The van der Waals surface area contributed by atoms with Gasteiger partial charge < -0.3 is 15.2 Å². The van der Waals surface area contributed by atoms with E-state index in [2.05, 4.69) is 21.9 Å². The lowest BCUT2D eigenvalue weighted by atomic mass is 10.3. The zero-order chi connectivity index (χ0) is 15.7. The highest BCUT2D eigenvalue weighted by Crippen LogP contribution is 2.14. The molecular formula is C13H14F3NO3S. The van der Waals surface area contributed by atoms with Crippen molar-refractivity contribution in [2.45, 2.75) is 12.6 Å². The van der Waals surface area contributed by atoms with Gasteiger partial charge in [0.2, 0.25) is 0 Å². The van der Waals surface area contributed by atoms with Crippen molar-refractivity contribution in [3.63, 3.8) is 0 Å². The molecule has 1 amide bonds. The smallest absolute Gasteiger partial charge is 0.395 e. The highest BCUT2D eigenvalue weighted by Gasteiger charge is 2.27. The Balaban J connectivity index is 2.31. The van der Waals surface area contributed by atoms with Gasteiger partial charge in [0.25, 0.3) is 5.91 Å². The van der Waals surface area contributed by atoms with Gasteiger partial charge in [0.05, 0.1) is 23.7 Å². The van der Waals surface area contributed by atoms with E-state index in [-0.39, 0.29) is 19.8 Å². The van der Waals surface area contributed by atoms with Crippen molar-refractivity contribution < 1.29 is 27.8 Å². The number of carbonyl (C=O) groups is 1. The summed E-state index contributed by atoms with van der Waals surface area (Å²) in [6.45, 7) is -1.57. The Kier molecular flexibility index (Phi) is 7.22. The molecule has 0 aliphatic carbocycles. The summed E-state index contributed by atoms with van der Waals surface area (Å²) < 4.78 is 39.8. The molecule has 0 unspecified atom stereocenters. The summed E-state index contributed by atoms with van der Waals surface area (Å²) in [5.41, 5.74) is 0.393. The molecule has 0 aliphatic rings. The fourth-order valence-corrected chi connectivity index (χ4v) is 2.01. The van der Waals surface area contributed by atoms with E-state index in [1.807, 2.05) is 0 Å². The highest BCUT2D eigenvalue weighted by atomic mass is 32.1. The number of aliphatic hydroxyl groups excluding tert-OH is 1. The summed E-state index contributed by atoms with van der Waals surface area (Å²) in [5, 5.41) is 12.6. The van der Waals surface area contributed by atoms with E-state index in [9.17, 15) is 18.0 Å². The van der Waals surface area contributed by atoms with E-state index in [4.69, 9.17) is 5.11 Å². The molecule has 116 valence electrons. The molecule has 0 radical (unpaired) electrons. The molecule has 0 saturated carbocycles. The Morgan fingerprint density at radius 3 is 2.90 bits per heavy atom. The predicted molar refractivity (Wildman–Crippen MR) is 72.1 cm³/mol. The summed E-state index contributed by atoms with van der Waals surface area (Å²) >= 11 is 1.28. The van der Waals surface area contributed by atoms with Crippen molar-refractivity contribution in [3.05, 3.63) is 21.9 Å². The van der Waals surface area contributed by atoms with Crippen LogP contribution in [0, 0.1) is 11.8 Å². The first kappa shape index (κ1) is 17.5. The standard InChI is InChI=1S/C13H14F3NO3S/c14-13(15,16)9-20-6-4-17-12(19)10-7-11(21-8-10)3-1-2-5-18/h7-8,18H,2,4-6,9H2,(H,17,19). The second kappa shape index (κ2) is 8.67. The van der Waals surface area contributed by atoms with Crippen LogP contribution < -0.4 is 5.32 Å². The molecule has 0 saturated heterocycles. The van der Waals surface area contributed by atoms with Crippen molar-refractivity contribution in [2.24, 2.45) is 0 Å². The fraction of sp³-hybridized carbons (Fsp3) is 0.462. The van der Waals surface area contributed by atoms with Crippen LogP contribution in [-0.4, -0.2) is 43.6 Å². The van der Waals surface area contributed by atoms with Gasteiger partial charge in [-0.25, -0.2) is 0 Å². The van der Waals surface area contributed by atoms with E-state index >= 15 is 0 Å². The number of nitrogens with one attached hydrogen (secondary N) is 1. The minimum atomic E-state index is -4.36. The van der Waals surface area contributed by atoms with Crippen molar-refractivity contribution in [3.8, 4) is 11.8 Å². The van der Waals surface area contributed by atoms with Gasteiger partial charge in [0.15, 0.2) is 0 Å². The third kappa shape index (κ3) is 7.70. The van der Waals surface area contributed by atoms with Crippen LogP contribution >= 0.6 is 11.3 Å². The van der Waals surface area contributed by atoms with Gasteiger partial charge in [-0.15, -0.1) is 11.3 Å². The first-order valence-corrected chi connectivity index (χ1v) is 6.91. The van der Waals surface area contributed by atoms with Gasteiger partial charge in [-0.3, -0.25) is 4.79 Å². The molecule has 1 aromatic heterocycles. The molecule has 1 aromatic rings. The van der Waals surface area contributed by atoms with E-state index in [0.29, 0.717) is 16.9 Å². The van der Waals surface area contributed by atoms with Crippen LogP contribution in [0.1, 0.15) is 21.7 Å². The Labute approximate surface area is 123 Å². The monoisotopic (exact) mass is 321 g/mol. The maximum absolute atomic E-state index is 11.8. The zero-order valence-corrected chi connectivity index (χ0v) is 11.8. The second-order valence-corrected chi connectivity index (χ2v) is 4.81. The number of amides is 1. The number of halogens is 3. The largest absolute Gasteiger partial charge is 0.411 e. The number of hydrogen-bond donors (Lipinski definition) is 2.